The lowest BCUT2D eigenvalue weighted by Crippen LogP contribution is -2.00. The summed E-state index contributed by atoms with van der Waals surface area (Å²) in [5.74, 6) is 0.868. The highest BCUT2D eigenvalue weighted by atomic mass is 35.5. The predicted molar refractivity (Wildman–Crippen MR) is 74.4 cm³/mol. The summed E-state index contributed by atoms with van der Waals surface area (Å²) in [5, 5.41) is 3.35. The zero-order valence-corrected chi connectivity index (χ0v) is 11.4. The van der Waals surface area contributed by atoms with Crippen LogP contribution in [0.25, 0.3) is 0 Å². The van der Waals surface area contributed by atoms with Crippen LogP contribution in [0.4, 0.5) is 5.69 Å². The van der Waals surface area contributed by atoms with E-state index in [0.29, 0.717) is 0 Å². The Bertz CT molecular complexity index is 510. The first-order valence-corrected chi connectivity index (χ1v) is 6.51. The van der Waals surface area contributed by atoms with Crippen LogP contribution in [0.3, 0.4) is 0 Å². The molecule has 0 saturated heterocycles. The van der Waals surface area contributed by atoms with Crippen LogP contribution >= 0.6 is 22.9 Å². The normalized spacial score (nSPS) is 10.3. The molecule has 0 aliphatic rings. The average molecular weight is 268 g/mol. The summed E-state index contributed by atoms with van der Waals surface area (Å²) >= 11 is 7.47. The molecule has 17 heavy (non-hydrogen) atoms. The third kappa shape index (κ3) is 3.14. The summed E-state index contributed by atoms with van der Waals surface area (Å²) < 4.78 is 6.15. The lowest BCUT2D eigenvalue weighted by atomic mass is 10.2. The number of ether oxygens (including phenoxy) is 1. The summed E-state index contributed by atoms with van der Waals surface area (Å²) in [5.41, 5.74) is 2.19. The molecule has 0 atom stereocenters. The molecule has 0 amide bonds. The number of hydrogen-bond donors (Lipinski definition) is 1. The molecule has 1 heterocycles. The predicted octanol–water partition coefficient (Wildman–Crippen LogP) is 4.33. The van der Waals surface area contributed by atoms with Crippen LogP contribution in [-0.2, 0) is 6.54 Å². The zero-order valence-electron chi connectivity index (χ0n) is 9.79. The van der Waals surface area contributed by atoms with Gasteiger partial charge < -0.3 is 10.1 Å². The maximum Gasteiger partial charge on any atom is 0.142 e. The van der Waals surface area contributed by atoms with Crippen LogP contribution in [0.15, 0.2) is 30.3 Å². The van der Waals surface area contributed by atoms with Crippen molar-refractivity contribution in [3.63, 3.8) is 0 Å². The van der Waals surface area contributed by atoms with Gasteiger partial charge in [-0.25, -0.2) is 0 Å². The van der Waals surface area contributed by atoms with E-state index >= 15 is 0 Å². The minimum absolute atomic E-state index is 0.761. The number of thiophene rings is 1. The number of anilines is 1. The largest absolute Gasteiger partial charge is 0.495 e. The van der Waals surface area contributed by atoms with Gasteiger partial charge >= 0.3 is 0 Å². The molecule has 0 aliphatic heterocycles. The van der Waals surface area contributed by atoms with Gasteiger partial charge in [0.2, 0.25) is 0 Å². The number of nitrogens with one attached hydrogen (secondary N) is 1. The van der Waals surface area contributed by atoms with E-state index in [1.54, 1.807) is 18.4 Å². The quantitative estimate of drug-likeness (QED) is 0.890. The molecule has 0 bridgehead atoms. The van der Waals surface area contributed by atoms with Crippen LogP contribution < -0.4 is 10.1 Å². The highest BCUT2D eigenvalue weighted by molar-refractivity contribution is 7.16. The molecular formula is C13H14ClNOS. The van der Waals surface area contributed by atoms with Gasteiger partial charge in [-0.3, -0.25) is 0 Å². The molecule has 90 valence electrons. The van der Waals surface area contributed by atoms with Crippen molar-refractivity contribution in [3.8, 4) is 5.75 Å². The molecule has 0 fully saturated rings. The summed E-state index contributed by atoms with van der Waals surface area (Å²) in [7, 11) is 1.68. The van der Waals surface area contributed by atoms with E-state index in [0.717, 1.165) is 22.3 Å². The molecule has 2 nitrogen and oxygen atoms in total. The van der Waals surface area contributed by atoms with E-state index in [2.05, 4.69) is 11.4 Å². The van der Waals surface area contributed by atoms with Gasteiger partial charge in [0.05, 0.1) is 17.1 Å². The molecule has 2 rings (SSSR count). The second-order valence-corrected chi connectivity index (χ2v) is 5.56. The Morgan fingerprint density at radius 2 is 2.12 bits per heavy atom. The van der Waals surface area contributed by atoms with Crippen molar-refractivity contribution in [2.75, 3.05) is 12.4 Å². The highest BCUT2D eigenvalue weighted by Crippen LogP contribution is 2.27. The number of methoxy groups -OCH3 is 1. The van der Waals surface area contributed by atoms with Crippen molar-refractivity contribution in [2.24, 2.45) is 0 Å². The van der Waals surface area contributed by atoms with Gasteiger partial charge in [0.15, 0.2) is 0 Å². The SMILES string of the molecule is COc1cc(C)ccc1NCc1ccc(Cl)s1. The van der Waals surface area contributed by atoms with E-state index in [4.69, 9.17) is 16.3 Å². The van der Waals surface area contributed by atoms with Gasteiger partial charge in [0.25, 0.3) is 0 Å². The summed E-state index contributed by atoms with van der Waals surface area (Å²) in [6.45, 7) is 2.81. The molecule has 1 N–H and O–H groups in total. The topological polar surface area (TPSA) is 21.3 Å². The van der Waals surface area contributed by atoms with Crippen molar-refractivity contribution in [3.05, 3.63) is 45.1 Å². The van der Waals surface area contributed by atoms with Crippen LogP contribution in [0.5, 0.6) is 5.75 Å². The van der Waals surface area contributed by atoms with Crippen molar-refractivity contribution in [1.29, 1.82) is 0 Å². The Morgan fingerprint density at radius 3 is 2.76 bits per heavy atom. The van der Waals surface area contributed by atoms with Gasteiger partial charge in [0, 0.05) is 11.4 Å². The second kappa shape index (κ2) is 5.43. The Labute approximate surface area is 110 Å². The first-order chi connectivity index (χ1) is 8.19. The minimum atomic E-state index is 0.761. The van der Waals surface area contributed by atoms with Gasteiger partial charge in [-0.1, -0.05) is 17.7 Å². The lowest BCUT2D eigenvalue weighted by Gasteiger charge is -2.11. The molecule has 0 unspecified atom stereocenters. The highest BCUT2D eigenvalue weighted by Gasteiger charge is 2.03. The molecule has 4 heteroatoms. The van der Waals surface area contributed by atoms with E-state index in [9.17, 15) is 0 Å². The summed E-state index contributed by atoms with van der Waals surface area (Å²) in [6, 6.07) is 10.1. The molecular weight excluding hydrogens is 254 g/mol. The standard InChI is InChI=1S/C13H14ClNOS/c1-9-3-5-11(12(7-9)16-2)15-8-10-4-6-13(14)17-10/h3-7,15H,8H2,1-2H3. The Kier molecular flexibility index (Phi) is 3.92. The number of hydrogen-bond acceptors (Lipinski definition) is 3. The van der Waals surface area contributed by atoms with E-state index in [-0.39, 0.29) is 0 Å². The van der Waals surface area contributed by atoms with Gasteiger partial charge in [-0.15, -0.1) is 11.3 Å². The minimum Gasteiger partial charge on any atom is -0.495 e. The van der Waals surface area contributed by atoms with Crippen LogP contribution in [0.1, 0.15) is 10.4 Å². The lowest BCUT2D eigenvalue weighted by molar-refractivity contribution is 0.416. The molecule has 0 spiro atoms. The van der Waals surface area contributed by atoms with E-state index in [1.807, 2.05) is 31.2 Å². The monoisotopic (exact) mass is 267 g/mol. The average Bonchev–Trinajstić information content (AvgIpc) is 2.73. The molecule has 0 aliphatic carbocycles. The maximum atomic E-state index is 5.89. The second-order valence-electron chi connectivity index (χ2n) is 3.76. The third-order valence-corrected chi connectivity index (χ3v) is 3.67. The number of aryl methyl sites for hydroxylation is 1. The number of rotatable bonds is 4. The fourth-order valence-electron chi connectivity index (χ4n) is 1.57. The van der Waals surface area contributed by atoms with Crippen LogP contribution in [0.2, 0.25) is 4.34 Å². The van der Waals surface area contributed by atoms with Crippen molar-refractivity contribution >= 4 is 28.6 Å². The zero-order chi connectivity index (χ0) is 12.3. The van der Waals surface area contributed by atoms with Crippen molar-refractivity contribution in [1.82, 2.24) is 0 Å². The first-order valence-electron chi connectivity index (χ1n) is 5.32. The molecule has 1 aromatic heterocycles. The number of halogens is 1. The van der Waals surface area contributed by atoms with E-state index in [1.165, 1.54) is 10.4 Å². The van der Waals surface area contributed by atoms with E-state index < -0.39 is 0 Å². The summed E-state index contributed by atoms with van der Waals surface area (Å²) in [4.78, 5) is 1.21. The third-order valence-electron chi connectivity index (χ3n) is 2.44. The molecule has 1 aromatic carbocycles. The Balaban J connectivity index is 2.08. The fourth-order valence-corrected chi connectivity index (χ4v) is 2.60. The summed E-state index contributed by atoms with van der Waals surface area (Å²) in [6.07, 6.45) is 0. The smallest absolute Gasteiger partial charge is 0.142 e. The van der Waals surface area contributed by atoms with Crippen molar-refractivity contribution < 1.29 is 4.74 Å². The number of benzene rings is 1. The molecule has 0 radical (unpaired) electrons. The van der Waals surface area contributed by atoms with Gasteiger partial charge in [0.1, 0.15) is 5.75 Å². The van der Waals surface area contributed by atoms with Crippen molar-refractivity contribution in [2.45, 2.75) is 13.5 Å². The Hall–Kier alpha value is -1.19. The fraction of sp³-hybridized carbons (Fsp3) is 0.231. The van der Waals surface area contributed by atoms with Crippen LogP contribution in [-0.4, -0.2) is 7.11 Å². The van der Waals surface area contributed by atoms with Gasteiger partial charge in [-0.05, 0) is 36.8 Å². The molecule has 2 aromatic rings. The van der Waals surface area contributed by atoms with Crippen LogP contribution in [0, 0.1) is 6.92 Å². The first kappa shape index (κ1) is 12.3. The maximum absolute atomic E-state index is 5.89. The van der Waals surface area contributed by atoms with Gasteiger partial charge in [-0.2, -0.15) is 0 Å². The molecule has 0 saturated carbocycles. The Morgan fingerprint density at radius 1 is 1.29 bits per heavy atom.